The molecule has 1 aliphatic carbocycles. The zero-order valence-corrected chi connectivity index (χ0v) is 19.9. The monoisotopic (exact) mass is 489 g/mol. The summed E-state index contributed by atoms with van der Waals surface area (Å²) in [7, 11) is 1.47. The van der Waals surface area contributed by atoms with Gasteiger partial charge in [0.1, 0.15) is 11.8 Å². The van der Waals surface area contributed by atoms with E-state index < -0.39 is 12.1 Å². The number of allylic oxidation sites excluding steroid dienone is 1. The standard InChI is InChI=1S/C29H26F3N3O/c1-36-28-23(15-12-20-13-16-24(17-14-20)29(30,31)32)18-25(26(19-33)35-28)34-27(21-8-4-2-5-9-21)22-10-6-3-7-11-22/h2-12,15,18,20,24H,13-14,16-17H2,1H3/b15-12+. The van der Waals surface area contributed by atoms with E-state index in [1.54, 1.807) is 6.07 Å². The fourth-order valence-electron chi connectivity index (χ4n) is 4.44. The Balaban J connectivity index is 1.69. The molecule has 0 amide bonds. The molecule has 0 bridgehead atoms. The van der Waals surface area contributed by atoms with E-state index >= 15 is 0 Å². The zero-order chi connectivity index (χ0) is 25.5. The highest BCUT2D eigenvalue weighted by molar-refractivity contribution is 6.14. The lowest BCUT2D eigenvalue weighted by Crippen LogP contribution is -2.27. The van der Waals surface area contributed by atoms with Crippen molar-refractivity contribution in [3.8, 4) is 11.9 Å². The molecule has 1 heterocycles. The molecule has 0 atom stereocenters. The van der Waals surface area contributed by atoms with E-state index in [4.69, 9.17) is 9.73 Å². The van der Waals surface area contributed by atoms with Crippen LogP contribution in [0.3, 0.4) is 0 Å². The topological polar surface area (TPSA) is 58.3 Å². The van der Waals surface area contributed by atoms with Crippen LogP contribution >= 0.6 is 0 Å². The third-order valence-electron chi connectivity index (χ3n) is 6.40. The van der Waals surface area contributed by atoms with Crippen LogP contribution in [0, 0.1) is 23.2 Å². The third kappa shape index (κ3) is 6.01. The van der Waals surface area contributed by atoms with E-state index in [9.17, 15) is 18.4 Å². The maximum absolute atomic E-state index is 13.0. The van der Waals surface area contributed by atoms with E-state index in [1.807, 2.05) is 72.8 Å². The Hall–Kier alpha value is -3.92. The second-order valence-electron chi connectivity index (χ2n) is 8.77. The van der Waals surface area contributed by atoms with Gasteiger partial charge in [0.25, 0.3) is 0 Å². The molecule has 0 radical (unpaired) electrons. The molecule has 1 aliphatic rings. The summed E-state index contributed by atoms with van der Waals surface area (Å²) in [6, 6.07) is 23.2. The maximum atomic E-state index is 13.0. The molecule has 7 heteroatoms. The van der Waals surface area contributed by atoms with E-state index in [-0.39, 0.29) is 30.3 Å². The number of aromatic nitrogens is 1. The van der Waals surface area contributed by atoms with Gasteiger partial charge in [0.15, 0.2) is 5.69 Å². The van der Waals surface area contributed by atoms with E-state index in [0.29, 0.717) is 29.8 Å². The molecule has 4 rings (SSSR count). The van der Waals surface area contributed by atoms with Gasteiger partial charge in [-0.1, -0.05) is 72.8 Å². The van der Waals surface area contributed by atoms with E-state index in [0.717, 1.165) is 11.1 Å². The quantitative estimate of drug-likeness (QED) is 0.337. The van der Waals surface area contributed by atoms with Crippen LogP contribution in [0.1, 0.15) is 48.1 Å². The van der Waals surface area contributed by atoms with Crippen LogP contribution in [0.2, 0.25) is 0 Å². The number of benzene rings is 2. The van der Waals surface area contributed by atoms with Crippen molar-refractivity contribution in [1.29, 1.82) is 5.26 Å². The van der Waals surface area contributed by atoms with Crippen LogP contribution in [0.25, 0.3) is 6.08 Å². The van der Waals surface area contributed by atoms with Gasteiger partial charge in [-0.2, -0.15) is 23.4 Å². The molecule has 0 saturated heterocycles. The lowest BCUT2D eigenvalue weighted by molar-refractivity contribution is -0.183. The minimum Gasteiger partial charge on any atom is -0.481 e. The maximum Gasteiger partial charge on any atom is 0.391 e. The summed E-state index contributed by atoms with van der Waals surface area (Å²) in [5.74, 6) is -0.907. The summed E-state index contributed by atoms with van der Waals surface area (Å²) in [6.07, 6.45) is 0.823. The number of nitriles is 1. The van der Waals surface area contributed by atoms with Crippen LogP contribution in [0.5, 0.6) is 5.88 Å². The number of ether oxygens (including phenoxy) is 1. The number of halogens is 3. The number of aliphatic imine (C=N–C) groups is 1. The molecule has 1 fully saturated rings. The molecule has 3 aromatic rings. The van der Waals surface area contributed by atoms with E-state index in [2.05, 4.69) is 11.1 Å². The van der Waals surface area contributed by atoms with Crippen LogP contribution in [-0.2, 0) is 0 Å². The van der Waals surface area contributed by atoms with Gasteiger partial charge < -0.3 is 4.74 Å². The first-order chi connectivity index (χ1) is 17.4. The van der Waals surface area contributed by atoms with Crippen LogP contribution in [0.4, 0.5) is 18.9 Å². The van der Waals surface area contributed by atoms with Crippen LogP contribution in [0.15, 0.2) is 77.8 Å². The summed E-state index contributed by atoms with van der Waals surface area (Å²) in [4.78, 5) is 9.22. The molecule has 2 aromatic carbocycles. The molecule has 184 valence electrons. The second kappa shape index (κ2) is 11.2. The van der Waals surface area contributed by atoms with Crippen molar-refractivity contribution in [3.63, 3.8) is 0 Å². The van der Waals surface area contributed by atoms with Gasteiger partial charge in [0, 0.05) is 16.7 Å². The lowest BCUT2D eigenvalue weighted by atomic mass is 9.81. The molecule has 0 unspecified atom stereocenters. The first kappa shape index (κ1) is 25.2. The predicted octanol–water partition coefficient (Wildman–Crippen LogP) is 7.51. The summed E-state index contributed by atoms with van der Waals surface area (Å²) >= 11 is 0. The van der Waals surface area contributed by atoms with Crippen molar-refractivity contribution in [2.24, 2.45) is 16.8 Å². The molecular weight excluding hydrogens is 463 g/mol. The Morgan fingerprint density at radius 3 is 2.08 bits per heavy atom. The van der Waals surface area contributed by atoms with Crippen molar-refractivity contribution in [2.45, 2.75) is 31.9 Å². The smallest absolute Gasteiger partial charge is 0.391 e. The summed E-state index contributed by atoms with van der Waals surface area (Å²) < 4.78 is 44.4. The molecular formula is C29H26F3N3O. The third-order valence-corrected chi connectivity index (χ3v) is 6.40. The predicted molar refractivity (Wildman–Crippen MR) is 134 cm³/mol. The lowest BCUT2D eigenvalue weighted by Gasteiger charge is -2.28. The van der Waals surface area contributed by atoms with Gasteiger partial charge in [-0.15, -0.1) is 0 Å². The minimum atomic E-state index is -4.13. The SMILES string of the molecule is COc1nc(C#N)c(N=C(c2ccccc2)c2ccccc2)cc1/C=C/C1CCC(C(F)(F)F)CC1. The highest BCUT2D eigenvalue weighted by Gasteiger charge is 2.40. The first-order valence-corrected chi connectivity index (χ1v) is 11.8. The number of hydrogen-bond acceptors (Lipinski definition) is 4. The van der Waals surface area contributed by atoms with Gasteiger partial charge in [-0.25, -0.2) is 4.99 Å². The minimum absolute atomic E-state index is 0.0418. The van der Waals surface area contributed by atoms with Gasteiger partial charge in [0.05, 0.1) is 18.7 Å². The van der Waals surface area contributed by atoms with Crippen molar-refractivity contribution in [1.82, 2.24) is 4.98 Å². The molecule has 36 heavy (non-hydrogen) atoms. The average Bonchev–Trinajstić information content (AvgIpc) is 2.91. The fourth-order valence-corrected chi connectivity index (χ4v) is 4.44. The molecule has 1 saturated carbocycles. The number of alkyl halides is 3. The fraction of sp³-hybridized carbons (Fsp3) is 0.276. The second-order valence-corrected chi connectivity index (χ2v) is 8.77. The number of methoxy groups -OCH3 is 1. The van der Waals surface area contributed by atoms with Gasteiger partial charge in [0.2, 0.25) is 5.88 Å². The summed E-state index contributed by atoms with van der Waals surface area (Å²) in [5, 5.41) is 9.76. The molecule has 0 spiro atoms. The largest absolute Gasteiger partial charge is 0.481 e. The molecule has 0 aliphatic heterocycles. The number of hydrogen-bond donors (Lipinski definition) is 0. The Kier molecular flexibility index (Phi) is 7.84. The van der Waals surface area contributed by atoms with Crippen molar-refractivity contribution in [3.05, 3.63) is 95.2 Å². The van der Waals surface area contributed by atoms with Crippen molar-refractivity contribution < 1.29 is 17.9 Å². The van der Waals surface area contributed by atoms with Crippen LogP contribution in [-0.4, -0.2) is 24.0 Å². The van der Waals surface area contributed by atoms with Gasteiger partial charge in [-0.3, -0.25) is 0 Å². The van der Waals surface area contributed by atoms with Gasteiger partial charge in [-0.05, 0) is 37.7 Å². The highest BCUT2D eigenvalue weighted by Crippen LogP contribution is 2.40. The normalized spacial score (nSPS) is 18.0. The Labute approximate surface area is 208 Å². The first-order valence-electron chi connectivity index (χ1n) is 11.8. The van der Waals surface area contributed by atoms with E-state index in [1.165, 1.54) is 7.11 Å². The average molecular weight is 490 g/mol. The summed E-state index contributed by atoms with van der Waals surface area (Å²) in [6.45, 7) is 0. The Bertz CT molecular complexity index is 1230. The number of nitrogens with zero attached hydrogens (tertiary/aromatic N) is 3. The summed E-state index contributed by atoms with van der Waals surface area (Å²) in [5.41, 5.74) is 3.61. The Morgan fingerprint density at radius 1 is 1.00 bits per heavy atom. The number of pyridine rings is 1. The van der Waals surface area contributed by atoms with Crippen LogP contribution < -0.4 is 4.74 Å². The molecule has 1 aromatic heterocycles. The zero-order valence-electron chi connectivity index (χ0n) is 19.9. The van der Waals surface area contributed by atoms with Crippen molar-refractivity contribution >= 4 is 17.5 Å². The molecule has 0 N–H and O–H groups in total. The number of rotatable bonds is 6. The van der Waals surface area contributed by atoms with Crippen molar-refractivity contribution in [2.75, 3.05) is 7.11 Å². The highest BCUT2D eigenvalue weighted by atomic mass is 19.4. The Morgan fingerprint density at radius 2 is 1.58 bits per heavy atom. The molecule has 4 nitrogen and oxygen atoms in total. The van der Waals surface area contributed by atoms with Gasteiger partial charge >= 0.3 is 6.18 Å².